The molecular weight excluding hydrogens is 452 g/mol. The number of benzene rings is 2. The molecule has 2 aliphatic rings. The Morgan fingerprint density at radius 2 is 2.07 bits per heavy atom. The van der Waals surface area contributed by atoms with E-state index in [4.69, 9.17) is 14.6 Å². The Balaban J connectivity index is 1.56. The molecule has 29 heavy (non-hydrogen) atoms. The number of fused-ring (bicyclic) bond motifs is 3. The van der Waals surface area contributed by atoms with E-state index in [1.807, 2.05) is 35.3 Å². The zero-order chi connectivity index (χ0) is 20.0. The number of hydrogen-bond donors (Lipinski definition) is 0. The number of carbonyl (C=O) groups is 1. The van der Waals surface area contributed by atoms with Gasteiger partial charge in [-0.25, -0.2) is 9.80 Å². The van der Waals surface area contributed by atoms with E-state index < -0.39 is 0 Å². The van der Waals surface area contributed by atoms with Crippen LogP contribution in [0.3, 0.4) is 0 Å². The molecule has 0 radical (unpaired) electrons. The maximum Gasteiger partial charge on any atom is 0.337 e. The molecule has 146 valence electrons. The molecule has 2 aliphatic heterocycles. The van der Waals surface area contributed by atoms with Gasteiger partial charge in [-0.15, -0.1) is 11.3 Å². The van der Waals surface area contributed by atoms with Crippen molar-refractivity contribution in [3.05, 3.63) is 86.0 Å². The van der Waals surface area contributed by atoms with Crippen molar-refractivity contribution in [1.82, 2.24) is 5.01 Å². The van der Waals surface area contributed by atoms with E-state index in [0.717, 1.165) is 33.5 Å². The van der Waals surface area contributed by atoms with Crippen LogP contribution in [0.4, 0.5) is 0 Å². The van der Waals surface area contributed by atoms with Gasteiger partial charge in [-0.3, -0.25) is 0 Å². The second-order valence-electron chi connectivity index (χ2n) is 6.89. The molecule has 0 N–H and O–H groups in total. The van der Waals surface area contributed by atoms with Gasteiger partial charge >= 0.3 is 5.97 Å². The molecule has 3 heterocycles. The fourth-order valence-corrected chi connectivity index (χ4v) is 4.87. The maximum atomic E-state index is 11.8. The normalized spacial score (nSPS) is 19.8. The van der Waals surface area contributed by atoms with Gasteiger partial charge in [0.05, 0.1) is 29.3 Å². The van der Waals surface area contributed by atoms with Gasteiger partial charge in [-0.2, -0.15) is 5.10 Å². The minimum absolute atomic E-state index is 0.0960. The summed E-state index contributed by atoms with van der Waals surface area (Å²) in [6.45, 7) is 0. The lowest BCUT2D eigenvalue weighted by molar-refractivity contribution is -0.0191. The Bertz CT molecular complexity index is 1100. The van der Waals surface area contributed by atoms with E-state index in [2.05, 4.69) is 33.4 Å². The third-order valence-electron chi connectivity index (χ3n) is 5.17. The van der Waals surface area contributed by atoms with Gasteiger partial charge in [-0.05, 0) is 41.8 Å². The number of halogens is 1. The van der Waals surface area contributed by atoms with Crippen molar-refractivity contribution in [2.75, 3.05) is 7.11 Å². The molecule has 0 bridgehead atoms. The van der Waals surface area contributed by atoms with Crippen LogP contribution in [0.25, 0.3) is 0 Å². The Hall–Kier alpha value is -2.64. The molecule has 5 nitrogen and oxygen atoms in total. The van der Waals surface area contributed by atoms with Gasteiger partial charge in [0.2, 0.25) is 6.23 Å². The third-order valence-corrected chi connectivity index (χ3v) is 6.59. The SMILES string of the molecule is COC(=O)c1ccc([C@H]2Oc3ccc(Br)cc3[C@H]3CC(c4cccs4)=NN32)cc1. The second-order valence-corrected chi connectivity index (χ2v) is 8.75. The van der Waals surface area contributed by atoms with Crippen LogP contribution in [-0.2, 0) is 4.74 Å². The van der Waals surface area contributed by atoms with Gasteiger partial charge in [0.25, 0.3) is 0 Å². The van der Waals surface area contributed by atoms with Gasteiger partial charge < -0.3 is 9.47 Å². The molecule has 1 aromatic heterocycles. The number of hydrogen-bond acceptors (Lipinski definition) is 6. The predicted octanol–water partition coefficient (Wildman–Crippen LogP) is 5.54. The lowest BCUT2D eigenvalue weighted by atomic mass is 9.97. The summed E-state index contributed by atoms with van der Waals surface area (Å²) < 4.78 is 12.2. The van der Waals surface area contributed by atoms with Gasteiger partial charge in [0.1, 0.15) is 5.75 Å². The van der Waals surface area contributed by atoms with Crippen LogP contribution in [0.2, 0.25) is 0 Å². The second kappa shape index (κ2) is 7.31. The first-order chi connectivity index (χ1) is 14.1. The van der Waals surface area contributed by atoms with E-state index in [0.29, 0.717) is 5.56 Å². The first-order valence-corrected chi connectivity index (χ1v) is 10.9. The molecule has 2 aromatic carbocycles. The van der Waals surface area contributed by atoms with Crippen LogP contribution in [0.15, 0.2) is 69.6 Å². The minimum atomic E-state index is -0.363. The van der Waals surface area contributed by atoms with Crippen molar-refractivity contribution >= 4 is 38.9 Å². The topological polar surface area (TPSA) is 51.1 Å². The predicted molar refractivity (Wildman–Crippen MR) is 115 cm³/mol. The first kappa shape index (κ1) is 18.4. The summed E-state index contributed by atoms with van der Waals surface area (Å²) in [5.74, 6) is 0.507. The van der Waals surface area contributed by atoms with Crippen LogP contribution in [-0.4, -0.2) is 23.8 Å². The van der Waals surface area contributed by atoms with Crippen molar-refractivity contribution in [3.8, 4) is 5.75 Å². The summed E-state index contributed by atoms with van der Waals surface area (Å²) in [6.07, 6.45) is 0.460. The molecule has 2 atom stereocenters. The quantitative estimate of drug-likeness (QED) is 0.473. The van der Waals surface area contributed by atoms with E-state index in [9.17, 15) is 4.79 Å². The van der Waals surface area contributed by atoms with E-state index >= 15 is 0 Å². The maximum absolute atomic E-state index is 11.8. The Labute approximate surface area is 180 Å². The molecule has 7 heteroatoms. The molecular formula is C22H17BrN2O3S. The number of esters is 1. The number of ether oxygens (including phenoxy) is 2. The lowest BCUT2D eigenvalue weighted by Gasteiger charge is -2.38. The van der Waals surface area contributed by atoms with Crippen molar-refractivity contribution < 1.29 is 14.3 Å². The van der Waals surface area contributed by atoms with Gasteiger partial charge in [0, 0.05) is 22.0 Å². The molecule has 0 spiro atoms. The van der Waals surface area contributed by atoms with Crippen LogP contribution in [0.5, 0.6) is 5.75 Å². The van der Waals surface area contributed by atoms with Crippen LogP contribution < -0.4 is 4.74 Å². The van der Waals surface area contributed by atoms with Crippen molar-refractivity contribution in [1.29, 1.82) is 0 Å². The zero-order valence-electron chi connectivity index (χ0n) is 15.5. The number of thiophene rings is 1. The Kier molecular flexibility index (Phi) is 4.64. The largest absolute Gasteiger partial charge is 0.465 e. The highest BCUT2D eigenvalue weighted by molar-refractivity contribution is 9.10. The van der Waals surface area contributed by atoms with Crippen LogP contribution in [0, 0.1) is 0 Å². The minimum Gasteiger partial charge on any atom is -0.465 e. The fourth-order valence-electron chi connectivity index (χ4n) is 3.77. The standard InChI is InChI=1S/C22H17BrN2O3S/c1-27-22(26)14-6-4-13(5-7-14)21-25-18(12-17(24-25)20-3-2-10-29-20)16-11-15(23)8-9-19(16)28-21/h2-11,18,21H,12H2,1H3/t18-,21-/m1/s1. The van der Waals surface area contributed by atoms with Crippen molar-refractivity contribution in [3.63, 3.8) is 0 Å². The third kappa shape index (κ3) is 3.24. The number of methoxy groups -OCH3 is 1. The highest BCUT2D eigenvalue weighted by Crippen LogP contribution is 2.48. The number of rotatable bonds is 3. The Morgan fingerprint density at radius 3 is 2.79 bits per heavy atom. The van der Waals surface area contributed by atoms with Crippen molar-refractivity contribution in [2.24, 2.45) is 5.10 Å². The highest BCUT2D eigenvalue weighted by Gasteiger charge is 2.41. The monoisotopic (exact) mass is 468 g/mol. The van der Waals surface area contributed by atoms with Crippen LogP contribution in [0.1, 0.15) is 45.1 Å². The summed E-state index contributed by atoms with van der Waals surface area (Å²) in [7, 11) is 1.38. The van der Waals surface area contributed by atoms with E-state index in [1.165, 1.54) is 12.0 Å². The average molecular weight is 469 g/mol. The molecule has 0 amide bonds. The van der Waals surface area contributed by atoms with E-state index in [1.54, 1.807) is 23.5 Å². The molecule has 0 saturated carbocycles. The van der Waals surface area contributed by atoms with Crippen molar-refractivity contribution in [2.45, 2.75) is 18.7 Å². The molecule has 0 saturated heterocycles. The number of carbonyl (C=O) groups excluding carboxylic acids is 1. The first-order valence-electron chi connectivity index (χ1n) is 9.18. The molecule has 0 aliphatic carbocycles. The summed E-state index contributed by atoms with van der Waals surface area (Å²) in [6, 6.07) is 17.7. The summed E-state index contributed by atoms with van der Waals surface area (Å²) in [5, 5.41) is 9.05. The summed E-state index contributed by atoms with van der Waals surface area (Å²) >= 11 is 5.27. The van der Waals surface area contributed by atoms with Crippen LogP contribution >= 0.6 is 27.3 Å². The fraction of sp³-hybridized carbons (Fsp3) is 0.182. The van der Waals surface area contributed by atoms with E-state index in [-0.39, 0.29) is 18.2 Å². The average Bonchev–Trinajstić information content (AvgIpc) is 3.43. The molecule has 0 fully saturated rings. The summed E-state index contributed by atoms with van der Waals surface area (Å²) in [4.78, 5) is 12.9. The lowest BCUT2D eigenvalue weighted by Crippen LogP contribution is -2.33. The van der Waals surface area contributed by atoms with Gasteiger partial charge in [0.15, 0.2) is 0 Å². The smallest absolute Gasteiger partial charge is 0.337 e. The highest BCUT2D eigenvalue weighted by atomic mass is 79.9. The molecule has 3 aromatic rings. The number of nitrogens with zero attached hydrogens (tertiary/aromatic N) is 2. The molecule has 0 unspecified atom stereocenters. The number of hydrazone groups is 1. The molecule has 5 rings (SSSR count). The Morgan fingerprint density at radius 1 is 1.24 bits per heavy atom. The van der Waals surface area contributed by atoms with Gasteiger partial charge in [-0.1, -0.05) is 34.1 Å². The zero-order valence-corrected chi connectivity index (χ0v) is 17.9. The summed E-state index contributed by atoms with van der Waals surface area (Å²) in [5.41, 5.74) is 3.64.